The molecule has 0 amide bonds. The normalized spacial score (nSPS) is 12.5. The zero-order valence-electron chi connectivity index (χ0n) is 17.9. The number of para-hydroxylation sites is 2. The van der Waals surface area contributed by atoms with Gasteiger partial charge in [-0.25, -0.2) is 0 Å². The molecule has 35 heavy (non-hydrogen) atoms. The summed E-state index contributed by atoms with van der Waals surface area (Å²) in [4.78, 5) is -0.280. The van der Waals surface area contributed by atoms with Crippen molar-refractivity contribution in [2.75, 3.05) is 0 Å². The molecule has 8 nitrogen and oxygen atoms in total. The van der Waals surface area contributed by atoms with Crippen molar-refractivity contribution < 1.29 is 30.4 Å². The molecular formula is C25H17NO7S2. The van der Waals surface area contributed by atoms with Crippen LogP contribution in [0.5, 0.6) is 11.5 Å². The molecule has 1 N–H and O–H groups in total. The maximum Gasteiger partial charge on any atom is 0.339 e. The Bertz CT molecular complexity index is 1540. The fourth-order valence-electron chi connectivity index (χ4n) is 3.77. The van der Waals surface area contributed by atoms with Crippen LogP contribution in [0.3, 0.4) is 0 Å². The molecule has 0 fully saturated rings. The summed E-state index contributed by atoms with van der Waals surface area (Å²) in [5.41, 5.74) is 1.83. The minimum absolute atomic E-state index is 0.140. The topological polar surface area (TPSA) is 119 Å². The summed E-state index contributed by atoms with van der Waals surface area (Å²) in [5.74, 6) is 0.301. The van der Waals surface area contributed by atoms with E-state index in [2.05, 4.69) is 5.16 Å². The third-order valence-electron chi connectivity index (χ3n) is 5.36. The van der Waals surface area contributed by atoms with Crippen molar-refractivity contribution >= 4 is 25.9 Å². The number of hydrogen-bond acceptors (Lipinski definition) is 8. The van der Waals surface area contributed by atoms with Gasteiger partial charge in [0.15, 0.2) is 0 Å². The maximum atomic E-state index is 12.9. The molecule has 1 aliphatic carbocycles. The lowest BCUT2D eigenvalue weighted by atomic mass is 10.1. The summed E-state index contributed by atoms with van der Waals surface area (Å²) in [5, 5.41) is 13.0. The number of fused-ring (bicyclic) bond motifs is 3. The van der Waals surface area contributed by atoms with Crippen LogP contribution in [-0.4, -0.2) is 27.8 Å². The van der Waals surface area contributed by atoms with Gasteiger partial charge in [-0.2, -0.15) is 16.8 Å². The number of oxime groups is 1. The number of hydrogen-bond donors (Lipinski definition) is 1. The molecule has 4 aromatic rings. The van der Waals surface area contributed by atoms with Gasteiger partial charge >= 0.3 is 20.2 Å². The maximum absolute atomic E-state index is 12.9. The number of nitrogens with zero attached hydrogens (tertiary/aromatic N) is 1. The molecule has 0 saturated carbocycles. The van der Waals surface area contributed by atoms with Crippen molar-refractivity contribution in [1.82, 2.24) is 0 Å². The molecule has 5 rings (SSSR count). The molecule has 1 aliphatic rings. The highest BCUT2D eigenvalue weighted by Crippen LogP contribution is 2.40. The monoisotopic (exact) mass is 507 g/mol. The van der Waals surface area contributed by atoms with Crippen LogP contribution in [0.25, 0.3) is 11.1 Å². The van der Waals surface area contributed by atoms with Gasteiger partial charge in [-0.3, -0.25) is 0 Å². The van der Waals surface area contributed by atoms with Crippen LogP contribution in [0.1, 0.15) is 11.1 Å². The summed E-state index contributed by atoms with van der Waals surface area (Å²) in [6.45, 7) is 0. The molecule has 0 bridgehead atoms. The van der Waals surface area contributed by atoms with Gasteiger partial charge in [0.2, 0.25) is 0 Å². The molecule has 0 aromatic heterocycles. The van der Waals surface area contributed by atoms with Crippen LogP contribution in [-0.2, 0) is 20.2 Å². The van der Waals surface area contributed by atoms with Crippen LogP contribution >= 0.6 is 0 Å². The summed E-state index contributed by atoms with van der Waals surface area (Å²) < 4.78 is 61.9. The SMILES string of the molecule is O=S(=O)(Oc1ccccc1)c1ccc2c(c1)-c1cc(S(=O)(=O)Oc3ccccc3)ccc1C2=NO. The van der Waals surface area contributed by atoms with E-state index < -0.39 is 20.2 Å². The first-order valence-electron chi connectivity index (χ1n) is 10.3. The van der Waals surface area contributed by atoms with E-state index in [1.807, 2.05) is 0 Å². The van der Waals surface area contributed by atoms with Crippen LogP contribution in [0.2, 0.25) is 0 Å². The van der Waals surface area contributed by atoms with E-state index in [4.69, 9.17) is 8.37 Å². The zero-order chi connectivity index (χ0) is 24.6. The fourth-order valence-corrected chi connectivity index (χ4v) is 5.69. The Hall–Kier alpha value is -4.15. The van der Waals surface area contributed by atoms with Gasteiger partial charge in [-0.15, -0.1) is 0 Å². The molecular weight excluding hydrogens is 490 g/mol. The second kappa shape index (κ2) is 8.57. The first-order chi connectivity index (χ1) is 16.8. The Morgan fingerprint density at radius 2 is 0.943 bits per heavy atom. The lowest BCUT2D eigenvalue weighted by Crippen LogP contribution is -2.10. The highest BCUT2D eigenvalue weighted by molar-refractivity contribution is 7.87. The molecule has 0 heterocycles. The minimum atomic E-state index is -4.19. The fraction of sp³-hybridized carbons (Fsp3) is 0. The average molecular weight is 508 g/mol. The molecule has 0 spiro atoms. The van der Waals surface area contributed by atoms with Gasteiger partial charge in [0.05, 0.1) is 0 Å². The van der Waals surface area contributed by atoms with Crippen molar-refractivity contribution in [3.8, 4) is 22.6 Å². The van der Waals surface area contributed by atoms with E-state index in [0.717, 1.165) is 0 Å². The Labute approximate surface area is 202 Å². The third kappa shape index (κ3) is 4.25. The van der Waals surface area contributed by atoms with E-state index in [1.165, 1.54) is 60.7 Å². The largest absolute Gasteiger partial charge is 0.410 e. The van der Waals surface area contributed by atoms with Crippen molar-refractivity contribution in [2.24, 2.45) is 5.16 Å². The van der Waals surface area contributed by atoms with Gasteiger partial charge in [0.1, 0.15) is 27.0 Å². The van der Waals surface area contributed by atoms with Gasteiger partial charge in [-0.05, 0) is 59.7 Å². The lowest BCUT2D eigenvalue weighted by Gasteiger charge is -2.10. The van der Waals surface area contributed by atoms with E-state index >= 15 is 0 Å². The predicted octanol–water partition coefficient (Wildman–Crippen LogP) is 4.43. The van der Waals surface area contributed by atoms with Crippen LogP contribution < -0.4 is 8.37 Å². The van der Waals surface area contributed by atoms with Crippen LogP contribution in [0.15, 0.2) is 112 Å². The zero-order valence-corrected chi connectivity index (χ0v) is 19.5. The molecule has 0 radical (unpaired) electrons. The second-order valence-electron chi connectivity index (χ2n) is 7.56. The highest BCUT2D eigenvalue weighted by Gasteiger charge is 2.30. The smallest absolute Gasteiger partial charge is 0.339 e. The van der Waals surface area contributed by atoms with E-state index in [-0.39, 0.29) is 27.0 Å². The second-order valence-corrected chi connectivity index (χ2v) is 10.7. The first kappa shape index (κ1) is 22.6. The van der Waals surface area contributed by atoms with E-state index in [9.17, 15) is 22.0 Å². The molecule has 0 atom stereocenters. The summed E-state index contributed by atoms with van der Waals surface area (Å²) in [6.07, 6.45) is 0. The standard InChI is InChI=1S/C25H17NO7S2/c27-26-25-21-13-11-19(34(28,29)32-17-7-3-1-4-8-17)15-23(21)24-16-20(12-14-22(24)25)35(30,31)33-18-9-5-2-6-10-18/h1-16,27H. The minimum Gasteiger partial charge on any atom is -0.410 e. The Morgan fingerprint density at radius 1 is 0.543 bits per heavy atom. The summed E-state index contributed by atoms with van der Waals surface area (Å²) in [7, 11) is -8.37. The molecule has 4 aromatic carbocycles. The van der Waals surface area contributed by atoms with Crippen LogP contribution in [0, 0.1) is 0 Å². The Kier molecular flexibility index (Phi) is 5.54. The van der Waals surface area contributed by atoms with E-state index in [0.29, 0.717) is 22.3 Å². The number of benzene rings is 4. The quantitative estimate of drug-likeness (QED) is 0.205. The predicted molar refractivity (Wildman–Crippen MR) is 128 cm³/mol. The lowest BCUT2D eigenvalue weighted by molar-refractivity contribution is 0.320. The Morgan fingerprint density at radius 3 is 1.31 bits per heavy atom. The Balaban J connectivity index is 1.57. The third-order valence-corrected chi connectivity index (χ3v) is 7.84. The van der Waals surface area contributed by atoms with Gasteiger partial charge in [-0.1, -0.05) is 53.7 Å². The highest BCUT2D eigenvalue weighted by atomic mass is 32.2. The number of rotatable bonds is 6. The summed E-state index contributed by atoms with van der Waals surface area (Å²) >= 11 is 0. The van der Waals surface area contributed by atoms with Crippen LogP contribution in [0.4, 0.5) is 0 Å². The molecule has 0 aliphatic heterocycles. The van der Waals surface area contributed by atoms with Crippen molar-refractivity contribution in [1.29, 1.82) is 0 Å². The van der Waals surface area contributed by atoms with Crippen molar-refractivity contribution in [2.45, 2.75) is 9.79 Å². The average Bonchev–Trinajstić information content (AvgIpc) is 3.17. The van der Waals surface area contributed by atoms with Gasteiger partial charge in [0.25, 0.3) is 0 Å². The summed E-state index contributed by atoms with van der Waals surface area (Å²) in [6, 6.07) is 24.5. The molecule has 176 valence electrons. The van der Waals surface area contributed by atoms with Crippen molar-refractivity contribution in [3.05, 3.63) is 108 Å². The van der Waals surface area contributed by atoms with Gasteiger partial charge < -0.3 is 13.6 Å². The van der Waals surface area contributed by atoms with Crippen molar-refractivity contribution in [3.63, 3.8) is 0 Å². The molecule has 0 saturated heterocycles. The molecule has 10 heteroatoms. The van der Waals surface area contributed by atoms with E-state index in [1.54, 1.807) is 36.4 Å². The van der Waals surface area contributed by atoms with Gasteiger partial charge in [0, 0.05) is 11.1 Å². The molecule has 0 unspecified atom stereocenters. The first-order valence-corrected chi connectivity index (χ1v) is 13.1.